The molecule has 0 saturated carbocycles. The third-order valence-electron chi connectivity index (χ3n) is 11.7. The van der Waals surface area contributed by atoms with Crippen molar-refractivity contribution in [3.8, 4) is 78.6 Å². The van der Waals surface area contributed by atoms with Gasteiger partial charge in [-0.1, -0.05) is 161 Å². The second kappa shape index (κ2) is 17.8. The maximum Gasteiger partial charge on any atom is 2.00 e. The van der Waals surface area contributed by atoms with Gasteiger partial charge < -0.3 is 4.74 Å². The molecule has 0 aliphatic carbocycles. The van der Waals surface area contributed by atoms with E-state index in [0.717, 1.165) is 101 Å². The van der Waals surface area contributed by atoms with Gasteiger partial charge in [0.1, 0.15) is 5.82 Å². The predicted molar refractivity (Wildman–Crippen MR) is 259 cm³/mol. The summed E-state index contributed by atoms with van der Waals surface area (Å²) in [5.74, 6) is 0.491. The van der Waals surface area contributed by atoms with Gasteiger partial charge in [-0.25, -0.2) is 4.98 Å². The van der Waals surface area contributed by atoms with Crippen molar-refractivity contribution in [1.82, 2.24) is 14.5 Å². The van der Waals surface area contributed by atoms with Crippen molar-refractivity contribution in [3.05, 3.63) is 199 Å². The van der Waals surface area contributed by atoms with Crippen LogP contribution in [-0.4, -0.2) is 14.5 Å². The molecule has 2 heterocycles. The number of imidazole rings is 1. The monoisotopic (exact) mass is 1000 g/mol. The van der Waals surface area contributed by atoms with Gasteiger partial charge in [0.15, 0.2) is 0 Å². The zero-order valence-electron chi connectivity index (χ0n) is 37.9. The molecule has 0 aliphatic heterocycles. The number of pyridine rings is 1. The molecule has 63 heavy (non-hydrogen) atoms. The molecule has 0 N–H and O–H groups in total. The molecule has 0 bridgehead atoms. The standard InChI is InChI=1S/C58H51N3O.Pt/c1-37(2)48-35-50(42-23-16-11-17-24-42)54(36-49(48)41-21-14-10-15-22-41)61-53-26-18-25-47(55(53)60-57(61)51-30-38(3)29-39(4)56(51)62-8)44-31-45(33-46(32-44)58(5,6)7)52-34-43(27-28-59-52)40-19-12-9-13-20-40;/h9-30,32-37H,8H2,1-7H3;/q-2;+2/i37D;. The van der Waals surface area contributed by atoms with E-state index in [1.54, 1.807) is 0 Å². The fourth-order valence-electron chi connectivity index (χ4n) is 8.62. The van der Waals surface area contributed by atoms with Crippen LogP contribution in [-0.2, 0) is 26.5 Å². The van der Waals surface area contributed by atoms with Crippen molar-refractivity contribution >= 4 is 11.0 Å². The third-order valence-corrected chi connectivity index (χ3v) is 11.7. The minimum Gasteiger partial charge on any atom is -0.665 e. The molecule has 0 atom stereocenters. The van der Waals surface area contributed by atoms with Gasteiger partial charge in [-0.05, 0) is 100.0 Å². The Kier molecular flexibility index (Phi) is 11.9. The second-order valence-corrected chi connectivity index (χ2v) is 17.4. The molecule has 0 saturated heterocycles. The van der Waals surface area contributed by atoms with Crippen molar-refractivity contribution in [2.45, 2.75) is 59.8 Å². The van der Waals surface area contributed by atoms with Crippen LogP contribution in [0.25, 0.3) is 83.9 Å². The van der Waals surface area contributed by atoms with Crippen molar-refractivity contribution in [1.29, 1.82) is 0 Å². The minimum atomic E-state index is -0.899. The van der Waals surface area contributed by atoms with E-state index in [1.165, 1.54) is 5.56 Å². The van der Waals surface area contributed by atoms with Crippen molar-refractivity contribution in [2.24, 2.45) is 0 Å². The molecule has 0 aliphatic rings. The average Bonchev–Trinajstić information content (AvgIpc) is 3.68. The summed E-state index contributed by atoms with van der Waals surface area (Å²) in [5.41, 5.74) is 17.5. The summed E-state index contributed by atoms with van der Waals surface area (Å²) in [6, 6.07) is 59.0. The van der Waals surface area contributed by atoms with Crippen LogP contribution >= 0.6 is 0 Å². The van der Waals surface area contributed by atoms with Crippen LogP contribution in [0, 0.1) is 27.0 Å². The van der Waals surface area contributed by atoms with Crippen LogP contribution in [0.5, 0.6) is 5.75 Å². The number of fused-ring (bicyclic) bond motifs is 1. The Labute approximate surface area is 388 Å². The molecular formula is C58H51N3OPt. The Morgan fingerprint density at radius 3 is 1.92 bits per heavy atom. The molecule has 2 aromatic heterocycles. The predicted octanol–water partition coefficient (Wildman–Crippen LogP) is 15.4. The molecule has 0 spiro atoms. The maximum absolute atomic E-state index is 9.44. The van der Waals surface area contributed by atoms with Gasteiger partial charge in [0, 0.05) is 18.8 Å². The van der Waals surface area contributed by atoms with Crippen molar-refractivity contribution in [2.75, 3.05) is 0 Å². The normalized spacial score (nSPS) is 11.9. The molecule has 0 fully saturated rings. The first-order chi connectivity index (χ1) is 30.3. The van der Waals surface area contributed by atoms with E-state index >= 15 is 0 Å². The molecule has 4 nitrogen and oxygen atoms in total. The topological polar surface area (TPSA) is 39.9 Å². The minimum absolute atomic E-state index is 0. The Morgan fingerprint density at radius 2 is 1.29 bits per heavy atom. The molecule has 0 radical (unpaired) electrons. The van der Waals surface area contributed by atoms with Gasteiger partial charge in [0.05, 0.1) is 28.0 Å². The van der Waals surface area contributed by atoms with Gasteiger partial charge >= 0.3 is 21.1 Å². The number of rotatable bonds is 9. The Morgan fingerprint density at radius 1 is 0.651 bits per heavy atom. The summed E-state index contributed by atoms with van der Waals surface area (Å²) in [7, 11) is 3.94. The first-order valence-corrected chi connectivity index (χ1v) is 21.2. The zero-order chi connectivity index (χ0) is 44.0. The zero-order valence-corrected chi connectivity index (χ0v) is 39.1. The number of hydrogen-bond donors (Lipinski definition) is 0. The number of ether oxygens (including phenoxy) is 1. The fourth-order valence-corrected chi connectivity index (χ4v) is 8.62. The van der Waals surface area contributed by atoms with E-state index in [1.807, 2.05) is 38.2 Å². The molecule has 5 heteroatoms. The largest absolute Gasteiger partial charge is 2.00 e. The summed E-state index contributed by atoms with van der Waals surface area (Å²) in [6.45, 7) is 14.8. The van der Waals surface area contributed by atoms with Gasteiger partial charge in [-0.3, -0.25) is 9.55 Å². The van der Waals surface area contributed by atoms with Gasteiger partial charge in [0.25, 0.3) is 0 Å². The van der Waals surface area contributed by atoms with E-state index < -0.39 is 5.89 Å². The van der Waals surface area contributed by atoms with Crippen LogP contribution in [0.4, 0.5) is 0 Å². The molecule has 0 amide bonds. The molecule has 0 unspecified atom stereocenters. The van der Waals surface area contributed by atoms with Gasteiger partial charge in [-0.15, -0.1) is 29.3 Å². The van der Waals surface area contributed by atoms with Gasteiger partial charge in [-0.2, -0.15) is 7.11 Å². The maximum atomic E-state index is 9.44. The van der Waals surface area contributed by atoms with Crippen LogP contribution in [0.1, 0.15) is 64.1 Å². The number of aromatic nitrogens is 3. The number of para-hydroxylation sites is 1. The quantitative estimate of drug-likeness (QED) is 0.135. The molecule has 9 aromatic rings. The smallest absolute Gasteiger partial charge is 0.665 e. The van der Waals surface area contributed by atoms with E-state index in [9.17, 15) is 1.37 Å². The average molecular weight is 1000 g/mol. The second-order valence-electron chi connectivity index (χ2n) is 17.4. The van der Waals surface area contributed by atoms with Crippen LogP contribution in [0.3, 0.4) is 0 Å². The Hall–Kier alpha value is -6.35. The Bertz CT molecular complexity index is 3130. The molecule has 7 aromatic carbocycles. The molecular weight excluding hydrogens is 950 g/mol. The SMILES string of the molecule is [2H]C(C)(C)c1cc(-c2ccccc2)c(-n2c(-c3cc(C)cc(C)c3O[CH2-])nc3c(-c4[c-]c(-c5cc(-c6ccccc6)ccn5)cc(C(C)(C)C)c4)cccc32)cc1-c1ccccc1.[Pt+2]. The van der Waals surface area contributed by atoms with E-state index in [2.05, 4.69) is 192 Å². The number of aryl methyl sites for hydroxylation is 2. The van der Waals surface area contributed by atoms with E-state index in [0.29, 0.717) is 5.75 Å². The molecule has 9 rings (SSSR count). The van der Waals surface area contributed by atoms with Crippen LogP contribution in [0.15, 0.2) is 164 Å². The first-order valence-electron chi connectivity index (χ1n) is 21.7. The van der Waals surface area contributed by atoms with Crippen molar-refractivity contribution < 1.29 is 27.2 Å². The summed E-state index contributed by atoms with van der Waals surface area (Å²) in [5, 5.41) is 0. The number of benzene rings is 7. The van der Waals surface area contributed by atoms with E-state index in [-0.39, 0.29) is 26.5 Å². The van der Waals surface area contributed by atoms with E-state index in [4.69, 9.17) is 14.7 Å². The Balaban J connectivity index is 0.00000560. The third kappa shape index (κ3) is 8.45. The summed E-state index contributed by atoms with van der Waals surface area (Å²) >= 11 is 0. The summed E-state index contributed by atoms with van der Waals surface area (Å²) < 4.78 is 17.7. The van der Waals surface area contributed by atoms with Gasteiger partial charge in [0.2, 0.25) is 0 Å². The number of hydrogen-bond acceptors (Lipinski definition) is 3. The summed E-state index contributed by atoms with van der Waals surface area (Å²) in [4.78, 5) is 10.6. The molecule has 314 valence electrons. The van der Waals surface area contributed by atoms with Crippen molar-refractivity contribution in [3.63, 3.8) is 0 Å². The number of nitrogens with zero attached hydrogens (tertiary/aromatic N) is 3. The summed E-state index contributed by atoms with van der Waals surface area (Å²) in [6.07, 6.45) is 1.89. The van der Waals surface area contributed by atoms with Crippen LogP contribution in [0.2, 0.25) is 0 Å². The fraction of sp³-hybridized carbons (Fsp3) is 0.155. The van der Waals surface area contributed by atoms with Crippen LogP contribution < -0.4 is 4.74 Å². The first kappa shape index (κ1) is 42.0.